The fourth-order valence-corrected chi connectivity index (χ4v) is 3.79. The van der Waals surface area contributed by atoms with Gasteiger partial charge in [0, 0.05) is 18.7 Å². The lowest BCUT2D eigenvalue weighted by atomic mass is 9.97. The van der Waals surface area contributed by atoms with E-state index in [9.17, 15) is 18.5 Å². The van der Waals surface area contributed by atoms with E-state index in [0.717, 1.165) is 6.42 Å². The first-order chi connectivity index (χ1) is 9.77. The first-order valence-corrected chi connectivity index (χ1v) is 8.90. The maximum Gasteiger partial charge on any atom is 0.273 e. The summed E-state index contributed by atoms with van der Waals surface area (Å²) in [5, 5.41) is 10.6. The first kappa shape index (κ1) is 16.0. The zero-order chi connectivity index (χ0) is 15.6. The molecule has 2 atom stereocenters. The number of nitro benzene ring substituents is 1. The molecule has 1 saturated carbocycles. The Balaban J connectivity index is 2.14. The van der Waals surface area contributed by atoms with Crippen LogP contribution in [0.15, 0.2) is 18.2 Å². The molecule has 116 valence electrons. The third kappa shape index (κ3) is 4.07. The molecule has 8 heteroatoms. The maximum absolute atomic E-state index is 11.6. The number of rotatable bonds is 4. The number of hydrogen-bond donors (Lipinski definition) is 0. The Labute approximate surface area is 128 Å². The Bertz CT molecular complexity index is 646. The lowest BCUT2D eigenvalue weighted by Crippen LogP contribution is -2.33. The molecule has 0 radical (unpaired) electrons. The molecule has 0 amide bonds. The van der Waals surface area contributed by atoms with E-state index in [4.69, 9.17) is 16.3 Å². The molecule has 6 nitrogen and oxygen atoms in total. The molecule has 1 aromatic rings. The van der Waals surface area contributed by atoms with Crippen molar-refractivity contribution in [1.82, 2.24) is 0 Å². The number of nitro groups is 1. The van der Waals surface area contributed by atoms with Crippen LogP contribution in [0, 0.1) is 10.1 Å². The van der Waals surface area contributed by atoms with Gasteiger partial charge in [0.15, 0.2) is 0 Å². The van der Waals surface area contributed by atoms with E-state index in [1.165, 1.54) is 24.5 Å². The van der Waals surface area contributed by atoms with Crippen molar-refractivity contribution in [3.8, 4) is 5.75 Å². The summed E-state index contributed by atoms with van der Waals surface area (Å²) in [5.41, 5.74) is -0.107. The normalized spacial score (nSPS) is 22.8. The van der Waals surface area contributed by atoms with Crippen LogP contribution in [0.5, 0.6) is 5.75 Å². The van der Waals surface area contributed by atoms with Gasteiger partial charge < -0.3 is 4.74 Å². The minimum atomic E-state index is -3.10. The summed E-state index contributed by atoms with van der Waals surface area (Å²) in [4.78, 5) is 10.2. The zero-order valence-corrected chi connectivity index (χ0v) is 13.1. The molecule has 1 aliphatic rings. The van der Waals surface area contributed by atoms with Gasteiger partial charge in [-0.25, -0.2) is 8.42 Å². The largest absolute Gasteiger partial charge is 0.489 e. The van der Waals surface area contributed by atoms with E-state index < -0.39 is 20.0 Å². The van der Waals surface area contributed by atoms with Gasteiger partial charge in [-0.2, -0.15) is 0 Å². The van der Waals surface area contributed by atoms with Crippen molar-refractivity contribution in [2.75, 3.05) is 6.26 Å². The second kappa shape index (κ2) is 6.19. The van der Waals surface area contributed by atoms with Crippen molar-refractivity contribution in [3.63, 3.8) is 0 Å². The number of halogens is 1. The van der Waals surface area contributed by atoms with Gasteiger partial charge in [0.05, 0.1) is 21.3 Å². The minimum Gasteiger partial charge on any atom is -0.489 e. The summed E-state index contributed by atoms with van der Waals surface area (Å²) in [6, 6.07) is 3.98. The van der Waals surface area contributed by atoms with Crippen LogP contribution in [-0.2, 0) is 9.84 Å². The molecule has 0 N–H and O–H groups in total. The van der Waals surface area contributed by atoms with Crippen molar-refractivity contribution in [2.45, 2.75) is 37.0 Å². The number of non-ortho nitro benzene ring substituents is 1. The van der Waals surface area contributed by atoms with Gasteiger partial charge in [-0.05, 0) is 25.3 Å². The number of benzene rings is 1. The van der Waals surface area contributed by atoms with Gasteiger partial charge in [0.1, 0.15) is 21.7 Å². The smallest absolute Gasteiger partial charge is 0.273 e. The van der Waals surface area contributed by atoms with Crippen LogP contribution < -0.4 is 4.74 Å². The maximum atomic E-state index is 11.6. The van der Waals surface area contributed by atoms with Crippen LogP contribution in [0.25, 0.3) is 0 Å². The zero-order valence-electron chi connectivity index (χ0n) is 11.5. The average molecular weight is 334 g/mol. The van der Waals surface area contributed by atoms with Crippen LogP contribution in [-0.4, -0.2) is 31.0 Å². The van der Waals surface area contributed by atoms with Gasteiger partial charge in [-0.15, -0.1) is 0 Å². The van der Waals surface area contributed by atoms with Crippen LogP contribution >= 0.6 is 11.6 Å². The molecule has 1 aromatic carbocycles. The number of nitrogens with zero attached hydrogens (tertiary/aromatic N) is 1. The molecule has 21 heavy (non-hydrogen) atoms. The fourth-order valence-electron chi connectivity index (χ4n) is 2.47. The molecule has 0 heterocycles. The summed E-state index contributed by atoms with van der Waals surface area (Å²) in [6.45, 7) is 0. The molecule has 0 aliphatic heterocycles. The van der Waals surface area contributed by atoms with Crippen molar-refractivity contribution in [1.29, 1.82) is 0 Å². The topological polar surface area (TPSA) is 86.5 Å². The lowest BCUT2D eigenvalue weighted by molar-refractivity contribution is -0.384. The Kier molecular flexibility index (Phi) is 4.73. The predicted molar refractivity (Wildman–Crippen MR) is 79.6 cm³/mol. The van der Waals surface area contributed by atoms with Crippen LogP contribution in [0.1, 0.15) is 25.7 Å². The molecule has 1 fully saturated rings. The van der Waals surface area contributed by atoms with Crippen molar-refractivity contribution >= 4 is 27.1 Å². The standard InChI is InChI=1S/C13H16ClNO5S/c1-21(18,19)11-4-2-3-10(8-11)20-13-7-9(15(16)17)5-6-12(13)14/h5-7,10-11H,2-4,8H2,1H3. The molecule has 2 rings (SSSR count). The van der Waals surface area contributed by atoms with Gasteiger partial charge in [0.25, 0.3) is 5.69 Å². The molecule has 0 bridgehead atoms. The SMILES string of the molecule is CS(=O)(=O)C1CCCC(Oc2cc([N+](=O)[O-])ccc2Cl)C1. The highest BCUT2D eigenvalue weighted by Crippen LogP contribution is 2.33. The van der Waals surface area contributed by atoms with E-state index in [1.807, 2.05) is 0 Å². The Hall–Kier alpha value is -1.34. The average Bonchev–Trinajstić information content (AvgIpc) is 2.40. The van der Waals surface area contributed by atoms with E-state index in [0.29, 0.717) is 19.3 Å². The van der Waals surface area contributed by atoms with Gasteiger partial charge >= 0.3 is 0 Å². The second-order valence-electron chi connectivity index (χ2n) is 5.23. The van der Waals surface area contributed by atoms with E-state index in [1.54, 1.807) is 0 Å². The third-order valence-electron chi connectivity index (χ3n) is 3.60. The van der Waals surface area contributed by atoms with Gasteiger partial charge in [-0.3, -0.25) is 10.1 Å². The molecular weight excluding hydrogens is 318 g/mol. The molecule has 2 unspecified atom stereocenters. The van der Waals surface area contributed by atoms with Gasteiger partial charge in [0.2, 0.25) is 0 Å². The fraction of sp³-hybridized carbons (Fsp3) is 0.538. The first-order valence-electron chi connectivity index (χ1n) is 6.57. The van der Waals surface area contributed by atoms with Crippen LogP contribution in [0.2, 0.25) is 5.02 Å². The van der Waals surface area contributed by atoms with Crippen LogP contribution in [0.3, 0.4) is 0 Å². The summed E-state index contributed by atoms with van der Waals surface area (Å²) < 4.78 is 28.9. The molecule has 0 saturated heterocycles. The second-order valence-corrected chi connectivity index (χ2v) is 7.96. The minimum absolute atomic E-state index is 0.107. The summed E-state index contributed by atoms with van der Waals surface area (Å²) in [7, 11) is -3.10. The number of ether oxygens (including phenoxy) is 1. The lowest BCUT2D eigenvalue weighted by Gasteiger charge is -2.28. The predicted octanol–water partition coefficient (Wildman–Crippen LogP) is 2.98. The molecule has 0 aromatic heterocycles. The van der Waals surface area contributed by atoms with Gasteiger partial charge in [-0.1, -0.05) is 11.6 Å². The highest BCUT2D eigenvalue weighted by Gasteiger charge is 2.30. The Morgan fingerprint density at radius 1 is 1.38 bits per heavy atom. The third-order valence-corrected chi connectivity index (χ3v) is 5.55. The monoisotopic (exact) mass is 333 g/mol. The summed E-state index contributed by atoms with van der Waals surface area (Å²) in [5.74, 6) is 0.227. The Morgan fingerprint density at radius 3 is 2.71 bits per heavy atom. The number of hydrogen-bond acceptors (Lipinski definition) is 5. The van der Waals surface area contributed by atoms with Crippen molar-refractivity contribution in [3.05, 3.63) is 33.3 Å². The van der Waals surface area contributed by atoms with E-state index >= 15 is 0 Å². The van der Waals surface area contributed by atoms with E-state index in [-0.39, 0.29) is 22.6 Å². The Morgan fingerprint density at radius 2 is 2.10 bits per heavy atom. The highest BCUT2D eigenvalue weighted by atomic mass is 35.5. The molecule has 0 spiro atoms. The van der Waals surface area contributed by atoms with E-state index in [2.05, 4.69) is 0 Å². The van der Waals surface area contributed by atoms with Crippen molar-refractivity contribution in [2.24, 2.45) is 0 Å². The number of sulfone groups is 1. The highest BCUT2D eigenvalue weighted by molar-refractivity contribution is 7.91. The van der Waals surface area contributed by atoms with Crippen molar-refractivity contribution < 1.29 is 18.1 Å². The van der Waals surface area contributed by atoms with Crippen LogP contribution in [0.4, 0.5) is 5.69 Å². The molecular formula is C13H16ClNO5S. The summed E-state index contributed by atoms with van der Waals surface area (Å²) in [6.07, 6.45) is 3.40. The quantitative estimate of drug-likeness (QED) is 0.624. The molecule has 1 aliphatic carbocycles. The summed E-state index contributed by atoms with van der Waals surface area (Å²) >= 11 is 5.98.